The van der Waals surface area contributed by atoms with Gasteiger partial charge in [-0.1, -0.05) is 11.6 Å². The number of benzene rings is 1. The Morgan fingerprint density at radius 1 is 1.53 bits per heavy atom. The summed E-state index contributed by atoms with van der Waals surface area (Å²) < 4.78 is 5.05. The first kappa shape index (κ1) is 12.1. The fraction of sp³-hybridized carbons (Fsp3) is 0.455. The predicted molar refractivity (Wildman–Crippen MR) is 62.0 cm³/mol. The summed E-state index contributed by atoms with van der Waals surface area (Å²) in [7, 11) is 3.39. The molecule has 0 unspecified atom stereocenters. The van der Waals surface area contributed by atoms with Crippen LogP contribution in [-0.4, -0.2) is 25.8 Å². The molecule has 0 aromatic heterocycles. The van der Waals surface area contributed by atoms with E-state index in [-0.39, 0.29) is 5.75 Å². The SMILES string of the molecule is CNCCc1c(C)cc(O)c(OC)c1Cl. The third-order valence-corrected chi connectivity index (χ3v) is 2.76. The van der Waals surface area contributed by atoms with E-state index in [1.165, 1.54) is 7.11 Å². The number of hydrogen-bond donors (Lipinski definition) is 2. The lowest BCUT2D eigenvalue weighted by Crippen LogP contribution is -2.11. The molecule has 1 aromatic carbocycles. The second-order valence-electron chi connectivity index (χ2n) is 3.39. The first-order valence-electron chi connectivity index (χ1n) is 4.81. The average Bonchev–Trinajstić information content (AvgIpc) is 2.17. The lowest BCUT2D eigenvalue weighted by molar-refractivity contribution is 0.373. The standard InChI is InChI=1S/C11H16ClNO2/c1-7-6-9(14)11(15-3)10(12)8(7)4-5-13-2/h6,13-14H,4-5H2,1-3H3. The van der Waals surface area contributed by atoms with Crippen molar-refractivity contribution in [1.29, 1.82) is 0 Å². The van der Waals surface area contributed by atoms with Gasteiger partial charge in [-0.2, -0.15) is 0 Å². The van der Waals surface area contributed by atoms with Gasteiger partial charge in [-0.3, -0.25) is 0 Å². The minimum atomic E-state index is 0.0909. The van der Waals surface area contributed by atoms with E-state index in [0.717, 1.165) is 24.1 Å². The molecule has 0 atom stereocenters. The average molecular weight is 230 g/mol. The van der Waals surface area contributed by atoms with Crippen LogP contribution in [0.4, 0.5) is 0 Å². The number of aromatic hydroxyl groups is 1. The van der Waals surface area contributed by atoms with Gasteiger partial charge in [-0.05, 0) is 44.1 Å². The van der Waals surface area contributed by atoms with Crippen molar-refractivity contribution in [2.24, 2.45) is 0 Å². The molecule has 0 amide bonds. The molecular formula is C11H16ClNO2. The van der Waals surface area contributed by atoms with Crippen LogP contribution in [-0.2, 0) is 6.42 Å². The zero-order chi connectivity index (χ0) is 11.4. The van der Waals surface area contributed by atoms with Crippen LogP contribution < -0.4 is 10.1 Å². The second kappa shape index (κ2) is 5.24. The molecule has 0 spiro atoms. The summed E-state index contributed by atoms with van der Waals surface area (Å²) in [5.41, 5.74) is 1.99. The number of likely N-dealkylation sites (N-methyl/N-ethyl adjacent to an activating group) is 1. The zero-order valence-corrected chi connectivity index (χ0v) is 9.98. The van der Waals surface area contributed by atoms with Gasteiger partial charge in [0.2, 0.25) is 0 Å². The molecule has 0 aliphatic rings. The summed E-state index contributed by atoms with van der Waals surface area (Å²) in [4.78, 5) is 0. The van der Waals surface area contributed by atoms with E-state index in [0.29, 0.717) is 10.8 Å². The number of halogens is 1. The van der Waals surface area contributed by atoms with E-state index in [1.807, 2.05) is 14.0 Å². The summed E-state index contributed by atoms with van der Waals surface area (Å²) in [6, 6.07) is 1.68. The third-order valence-electron chi connectivity index (χ3n) is 2.36. The molecule has 0 fully saturated rings. The Kier molecular flexibility index (Phi) is 4.24. The molecule has 0 radical (unpaired) electrons. The molecule has 0 saturated heterocycles. The zero-order valence-electron chi connectivity index (χ0n) is 9.22. The molecule has 15 heavy (non-hydrogen) atoms. The summed E-state index contributed by atoms with van der Waals surface area (Å²) in [6.07, 6.45) is 0.817. The largest absolute Gasteiger partial charge is 0.504 e. The molecule has 0 heterocycles. The van der Waals surface area contributed by atoms with Gasteiger partial charge in [-0.15, -0.1) is 0 Å². The Balaban J connectivity index is 3.14. The number of methoxy groups -OCH3 is 1. The molecule has 1 rings (SSSR count). The maximum absolute atomic E-state index is 9.60. The maximum atomic E-state index is 9.60. The smallest absolute Gasteiger partial charge is 0.179 e. The lowest BCUT2D eigenvalue weighted by atomic mass is 10.0. The predicted octanol–water partition coefficient (Wildman–Crippen LogP) is 2.12. The van der Waals surface area contributed by atoms with Crippen molar-refractivity contribution < 1.29 is 9.84 Å². The van der Waals surface area contributed by atoms with Gasteiger partial charge >= 0.3 is 0 Å². The normalized spacial score (nSPS) is 10.4. The van der Waals surface area contributed by atoms with Gasteiger partial charge in [0.1, 0.15) is 0 Å². The van der Waals surface area contributed by atoms with Gasteiger partial charge in [0.15, 0.2) is 11.5 Å². The van der Waals surface area contributed by atoms with Crippen LogP contribution in [0.25, 0.3) is 0 Å². The lowest BCUT2D eigenvalue weighted by Gasteiger charge is -2.13. The van der Waals surface area contributed by atoms with E-state index < -0.39 is 0 Å². The third kappa shape index (κ3) is 2.55. The molecule has 0 saturated carbocycles. The summed E-state index contributed by atoms with van der Waals surface area (Å²) in [5, 5.41) is 13.2. The van der Waals surface area contributed by atoms with Gasteiger partial charge in [0, 0.05) is 0 Å². The van der Waals surface area contributed by atoms with E-state index in [9.17, 15) is 5.11 Å². The Morgan fingerprint density at radius 2 is 2.20 bits per heavy atom. The molecule has 0 bridgehead atoms. The number of phenolic OH excluding ortho intramolecular Hbond substituents is 1. The highest BCUT2D eigenvalue weighted by Gasteiger charge is 2.14. The number of aryl methyl sites for hydroxylation is 1. The van der Waals surface area contributed by atoms with Crippen molar-refractivity contribution in [3.63, 3.8) is 0 Å². The minimum Gasteiger partial charge on any atom is -0.504 e. The van der Waals surface area contributed by atoms with Gasteiger partial charge < -0.3 is 15.2 Å². The van der Waals surface area contributed by atoms with Crippen LogP contribution in [0.3, 0.4) is 0 Å². The molecule has 0 aliphatic heterocycles. The van der Waals surface area contributed by atoms with E-state index in [4.69, 9.17) is 16.3 Å². The summed E-state index contributed by atoms with van der Waals surface area (Å²) in [6.45, 7) is 2.77. The van der Waals surface area contributed by atoms with Crippen molar-refractivity contribution in [2.45, 2.75) is 13.3 Å². The van der Waals surface area contributed by atoms with Crippen LogP contribution in [0.1, 0.15) is 11.1 Å². The second-order valence-corrected chi connectivity index (χ2v) is 3.77. The van der Waals surface area contributed by atoms with Crippen molar-refractivity contribution >= 4 is 11.6 Å². The van der Waals surface area contributed by atoms with Crippen molar-refractivity contribution in [1.82, 2.24) is 5.32 Å². The Bertz CT molecular complexity index is 353. The minimum absolute atomic E-state index is 0.0909. The highest BCUT2D eigenvalue weighted by atomic mass is 35.5. The molecule has 0 aliphatic carbocycles. The maximum Gasteiger partial charge on any atom is 0.179 e. The van der Waals surface area contributed by atoms with Crippen molar-refractivity contribution in [2.75, 3.05) is 20.7 Å². The monoisotopic (exact) mass is 229 g/mol. The fourth-order valence-corrected chi connectivity index (χ4v) is 1.95. The van der Waals surface area contributed by atoms with Gasteiger partial charge in [-0.25, -0.2) is 0 Å². The van der Waals surface area contributed by atoms with Gasteiger partial charge in [0.05, 0.1) is 12.1 Å². The van der Waals surface area contributed by atoms with Crippen molar-refractivity contribution in [3.05, 3.63) is 22.2 Å². The highest BCUT2D eigenvalue weighted by molar-refractivity contribution is 6.33. The van der Waals surface area contributed by atoms with E-state index in [2.05, 4.69) is 5.32 Å². The first-order valence-corrected chi connectivity index (χ1v) is 5.19. The first-order chi connectivity index (χ1) is 7.11. The Hall–Kier alpha value is -0.930. The van der Waals surface area contributed by atoms with Crippen molar-refractivity contribution in [3.8, 4) is 11.5 Å². The van der Waals surface area contributed by atoms with Gasteiger partial charge in [0.25, 0.3) is 0 Å². The van der Waals surface area contributed by atoms with Crippen LogP contribution in [0.2, 0.25) is 5.02 Å². The Labute approximate surface area is 95.0 Å². The highest BCUT2D eigenvalue weighted by Crippen LogP contribution is 2.38. The molecule has 4 heteroatoms. The molecular weight excluding hydrogens is 214 g/mol. The quantitative estimate of drug-likeness (QED) is 0.831. The fourth-order valence-electron chi connectivity index (χ4n) is 1.53. The number of hydrogen-bond acceptors (Lipinski definition) is 3. The van der Waals surface area contributed by atoms with Crippen LogP contribution in [0.5, 0.6) is 11.5 Å². The number of phenols is 1. The molecule has 1 aromatic rings. The number of nitrogens with one attached hydrogen (secondary N) is 1. The summed E-state index contributed by atoms with van der Waals surface area (Å²) in [5.74, 6) is 0.446. The van der Waals surface area contributed by atoms with E-state index in [1.54, 1.807) is 6.07 Å². The van der Waals surface area contributed by atoms with Crippen LogP contribution >= 0.6 is 11.6 Å². The summed E-state index contributed by atoms with van der Waals surface area (Å²) >= 11 is 6.14. The molecule has 84 valence electrons. The van der Waals surface area contributed by atoms with E-state index >= 15 is 0 Å². The van der Waals surface area contributed by atoms with Crippen LogP contribution in [0.15, 0.2) is 6.07 Å². The molecule has 3 nitrogen and oxygen atoms in total. The Morgan fingerprint density at radius 3 is 2.73 bits per heavy atom. The number of rotatable bonds is 4. The topological polar surface area (TPSA) is 41.5 Å². The number of ether oxygens (including phenoxy) is 1. The van der Waals surface area contributed by atoms with Crippen LogP contribution in [0, 0.1) is 6.92 Å². The molecule has 2 N–H and O–H groups in total.